The molecule has 2 unspecified atom stereocenters. The Bertz CT molecular complexity index is 2500. The molecule has 2 heterocycles. The fraction of sp³-hybridized carbons (Fsp3) is 0.170. The summed E-state index contributed by atoms with van der Waals surface area (Å²) in [6.45, 7) is 4.01. The van der Waals surface area contributed by atoms with Crippen LogP contribution in [0, 0.1) is 0 Å². The van der Waals surface area contributed by atoms with E-state index >= 15 is 0 Å². The summed E-state index contributed by atoms with van der Waals surface area (Å²) in [4.78, 5) is 27.1. The molecule has 2 atom stereocenters. The lowest BCUT2D eigenvalue weighted by molar-refractivity contribution is -0.426. The predicted octanol–water partition coefficient (Wildman–Crippen LogP) is 9.22. The molecule has 6 aromatic carbocycles. The Hall–Kier alpha value is -6.27. The van der Waals surface area contributed by atoms with Crippen LogP contribution in [0.3, 0.4) is 0 Å². The van der Waals surface area contributed by atoms with Crippen LogP contribution in [0.1, 0.15) is 36.1 Å². The lowest BCUT2D eigenvalue weighted by Gasteiger charge is -2.30. The first-order valence-electron chi connectivity index (χ1n) is 18.0. The van der Waals surface area contributed by atoms with Gasteiger partial charge < -0.3 is 15.1 Å². The van der Waals surface area contributed by atoms with Crippen molar-refractivity contribution in [3.05, 3.63) is 180 Å². The van der Waals surface area contributed by atoms with Crippen LogP contribution in [-0.4, -0.2) is 45.5 Å². The summed E-state index contributed by atoms with van der Waals surface area (Å²) in [5.74, 6) is -1.84. The van der Waals surface area contributed by atoms with Gasteiger partial charge in [0.15, 0.2) is 5.71 Å². The van der Waals surface area contributed by atoms with Crippen molar-refractivity contribution in [1.29, 1.82) is 0 Å². The summed E-state index contributed by atoms with van der Waals surface area (Å²) >= 11 is 0. The van der Waals surface area contributed by atoms with E-state index in [9.17, 15) is 19.8 Å². The third-order valence-corrected chi connectivity index (χ3v) is 11.1. The number of allylic oxidation sites excluding steroid dienone is 4. The van der Waals surface area contributed by atoms with Crippen molar-refractivity contribution in [2.45, 2.75) is 37.5 Å². The monoisotopic (exact) mass is 697 g/mol. The van der Waals surface area contributed by atoms with Gasteiger partial charge in [-0.1, -0.05) is 133 Å². The molecule has 53 heavy (non-hydrogen) atoms. The fourth-order valence-electron chi connectivity index (χ4n) is 8.85. The minimum absolute atomic E-state index is 0.198. The number of benzene rings is 6. The minimum Gasteiger partial charge on any atom is -0.480 e. The van der Waals surface area contributed by atoms with E-state index in [0.717, 1.165) is 66.6 Å². The van der Waals surface area contributed by atoms with E-state index in [0.29, 0.717) is 12.8 Å². The Morgan fingerprint density at radius 3 is 1.81 bits per heavy atom. The first-order valence-corrected chi connectivity index (χ1v) is 18.0. The van der Waals surface area contributed by atoms with Gasteiger partial charge in [-0.3, -0.25) is 4.79 Å². The molecule has 262 valence electrons. The molecular weight excluding hydrogens is 657 g/mol. The smallest absolute Gasteiger partial charge is 0.370 e. The number of fused-ring (bicyclic) bond motifs is 6. The molecule has 0 aromatic heterocycles. The Labute approximate surface area is 309 Å². The SMILES string of the molecule is CC1(Cc2ccccc2)C(/C=C/C=C2/N(CC(=O)O)c3c(ccc4ccccc34)C2(C)Cc2ccccc2)=[N+](CC(=O)O)c2c1ccc1ccccc21. The van der Waals surface area contributed by atoms with Gasteiger partial charge in [0, 0.05) is 28.1 Å². The van der Waals surface area contributed by atoms with Crippen LogP contribution in [0.15, 0.2) is 157 Å². The van der Waals surface area contributed by atoms with Crippen LogP contribution in [0.5, 0.6) is 0 Å². The lowest BCUT2D eigenvalue weighted by Crippen LogP contribution is -2.35. The Kier molecular flexibility index (Phi) is 8.54. The maximum Gasteiger partial charge on any atom is 0.370 e. The third kappa shape index (κ3) is 5.90. The van der Waals surface area contributed by atoms with Gasteiger partial charge in [-0.2, -0.15) is 4.58 Å². The maximum atomic E-state index is 12.6. The summed E-state index contributed by atoms with van der Waals surface area (Å²) in [5, 5.41) is 24.7. The van der Waals surface area contributed by atoms with Gasteiger partial charge in [0.1, 0.15) is 6.54 Å². The average molecular weight is 698 g/mol. The Balaban J connectivity index is 1.34. The molecular formula is C47H41N2O4+. The summed E-state index contributed by atoms with van der Waals surface area (Å²) in [5.41, 5.74) is 6.92. The zero-order valence-corrected chi connectivity index (χ0v) is 29.9. The summed E-state index contributed by atoms with van der Waals surface area (Å²) < 4.78 is 1.97. The maximum absolute atomic E-state index is 12.6. The number of rotatable bonds is 10. The van der Waals surface area contributed by atoms with Crippen molar-refractivity contribution in [2.75, 3.05) is 18.0 Å². The Morgan fingerprint density at radius 2 is 1.19 bits per heavy atom. The Morgan fingerprint density at radius 1 is 0.642 bits per heavy atom. The number of anilines is 1. The summed E-state index contributed by atoms with van der Waals surface area (Å²) in [6, 6.07) is 45.5. The molecule has 0 spiro atoms. The molecule has 6 aromatic rings. The van der Waals surface area contributed by atoms with Gasteiger partial charge in [-0.25, -0.2) is 4.79 Å². The highest BCUT2D eigenvalue weighted by Crippen LogP contribution is 2.52. The van der Waals surface area contributed by atoms with Crippen LogP contribution in [0.25, 0.3) is 21.5 Å². The highest BCUT2D eigenvalue weighted by molar-refractivity contribution is 6.08. The second-order valence-corrected chi connectivity index (χ2v) is 14.6. The van der Waals surface area contributed by atoms with Crippen LogP contribution in [0.2, 0.25) is 0 Å². The highest BCUT2D eigenvalue weighted by Gasteiger charge is 2.49. The molecule has 0 amide bonds. The van der Waals surface area contributed by atoms with Crippen LogP contribution in [-0.2, 0) is 33.3 Å². The summed E-state index contributed by atoms with van der Waals surface area (Å²) in [6.07, 6.45) is 7.44. The zero-order chi connectivity index (χ0) is 36.7. The second kappa shape index (κ2) is 13.4. The van der Waals surface area contributed by atoms with Crippen LogP contribution in [0.4, 0.5) is 11.4 Å². The molecule has 0 saturated heterocycles. The molecule has 0 aliphatic carbocycles. The average Bonchev–Trinajstić information content (AvgIpc) is 3.52. The van der Waals surface area contributed by atoms with E-state index in [-0.39, 0.29) is 13.1 Å². The molecule has 0 radical (unpaired) electrons. The number of hydrogen-bond acceptors (Lipinski definition) is 3. The third-order valence-electron chi connectivity index (χ3n) is 11.1. The normalized spacial score (nSPS) is 20.1. The van der Waals surface area contributed by atoms with Gasteiger partial charge in [-0.15, -0.1) is 0 Å². The number of nitrogens with zero attached hydrogens (tertiary/aromatic N) is 2. The van der Waals surface area contributed by atoms with Crippen molar-refractivity contribution < 1.29 is 24.4 Å². The molecule has 0 fully saturated rings. The molecule has 6 nitrogen and oxygen atoms in total. The molecule has 6 heteroatoms. The van der Waals surface area contributed by atoms with Crippen molar-refractivity contribution in [1.82, 2.24) is 0 Å². The van der Waals surface area contributed by atoms with Gasteiger partial charge in [-0.05, 0) is 66.3 Å². The number of hydrogen-bond donors (Lipinski definition) is 2. The van der Waals surface area contributed by atoms with E-state index in [1.54, 1.807) is 0 Å². The number of carboxylic acid groups (broad SMARTS) is 2. The van der Waals surface area contributed by atoms with Crippen molar-refractivity contribution in [3.8, 4) is 0 Å². The fourth-order valence-corrected chi connectivity index (χ4v) is 8.85. The predicted molar refractivity (Wildman–Crippen MR) is 213 cm³/mol. The number of aliphatic carboxylic acids is 2. The van der Waals surface area contributed by atoms with Crippen LogP contribution >= 0.6 is 0 Å². The van der Waals surface area contributed by atoms with Crippen molar-refractivity contribution >= 4 is 50.6 Å². The largest absolute Gasteiger partial charge is 0.480 e. The lowest BCUT2D eigenvalue weighted by atomic mass is 9.74. The molecule has 2 aliphatic heterocycles. The molecule has 8 rings (SSSR count). The van der Waals surface area contributed by atoms with E-state index in [4.69, 9.17) is 0 Å². The number of carbonyl (C=O) groups is 2. The van der Waals surface area contributed by atoms with E-state index in [1.807, 2.05) is 76.2 Å². The van der Waals surface area contributed by atoms with Gasteiger partial charge >= 0.3 is 11.9 Å². The highest BCUT2D eigenvalue weighted by atomic mass is 16.4. The first kappa shape index (κ1) is 33.9. The molecule has 0 saturated carbocycles. The molecule has 2 N–H and O–H groups in total. The minimum atomic E-state index is -0.918. The standard InChI is InChI=1S/C47H40N2O4/c1-46(28-32-14-5-3-6-15-32)38-26-24-34-18-9-11-20-36(34)44(38)48(30-42(50)51)40(46)22-13-23-41-47(2,29-33-16-7-4-8-17-33)39-27-25-35-19-10-12-21-37(35)45(39)49(41)31-43(52)53/h3-27H,28-31H2,1-2H3,(H-,50,51,52,53)/p+1. The quantitative estimate of drug-likeness (QED) is 0.140. The van der Waals surface area contributed by atoms with E-state index < -0.39 is 22.8 Å². The van der Waals surface area contributed by atoms with Gasteiger partial charge in [0.2, 0.25) is 12.2 Å². The number of carboxylic acids is 2. The topological polar surface area (TPSA) is 80.9 Å². The molecule has 2 aliphatic rings. The first-order chi connectivity index (χ1) is 25.7. The zero-order valence-electron chi connectivity index (χ0n) is 29.9. The van der Waals surface area contributed by atoms with Crippen LogP contribution < -0.4 is 4.90 Å². The summed E-state index contributed by atoms with van der Waals surface area (Å²) in [7, 11) is 0. The second-order valence-electron chi connectivity index (χ2n) is 14.6. The van der Waals surface area contributed by atoms with Gasteiger partial charge in [0.05, 0.1) is 16.5 Å². The van der Waals surface area contributed by atoms with E-state index in [1.165, 1.54) is 0 Å². The van der Waals surface area contributed by atoms with E-state index in [2.05, 4.69) is 98.8 Å². The van der Waals surface area contributed by atoms with Gasteiger partial charge in [0.25, 0.3) is 0 Å². The van der Waals surface area contributed by atoms with Crippen molar-refractivity contribution in [3.63, 3.8) is 0 Å². The molecule has 0 bridgehead atoms. The van der Waals surface area contributed by atoms with Crippen molar-refractivity contribution in [2.24, 2.45) is 0 Å².